The molecule has 6 nitrogen and oxygen atoms in total. The van der Waals surface area contributed by atoms with E-state index in [2.05, 4.69) is 37.5 Å². The van der Waals surface area contributed by atoms with Crippen molar-refractivity contribution in [2.75, 3.05) is 38.7 Å². The van der Waals surface area contributed by atoms with Gasteiger partial charge in [0.2, 0.25) is 20.0 Å². The number of sulfonamides is 2. The number of hydrogen-bond donors (Lipinski definition) is 0. The third-order valence-corrected chi connectivity index (χ3v) is 8.46. The van der Waals surface area contributed by atoms with Crippen LogP contribution in [-0.2, 0) is 54.6 Å². The Morgan fingerprint density at radius 1 is 0.702 bits per heavy atom. The van der Waals surface area contributed by atoms with Crippen molar-refractivity contribution in [2.45, 2.75) is 25.7 Å². The molecular weight excluding hydrogens is 688 g/mol. The van der Waals surface area contributed by atoms with Crippen molar-refractivity contribution < 1.29 is 56.1 Å². The number of hydrogen-bond acceptors (Lipinski definition) is 4. The predicted octanol–water partition coefficient (Wildman–Crippen LogP) is 6.12. The van der Waals surface area contributed by atoms with Crippen LogP contribution in [0.5, 0.6) is 0 Å². The molecule has 47 heavy (non-hydrogen) atoms. The molecule has 0 radical (unpaired) electrons. The minimum absolute atomic E-state index is 0. The summed E-state index contributed by atoms with van der Waals surface area (Å²) in [6.07, 6.45) is 25.4. The van der Waals surface area contributed by atoms with Crippen molar-refractivity contribution in [3.05, 3.63) is 145 Å². The Kier molecular flexibility index (Phi) is 22.0. The molecule has 4 rings (SSSR count). The average molecular weight is 727 g/mol. The van der Waals surface area contributed by atoms with E-state index >= 15 is 0 Å². The molecule has 0 saturated carbocycles. The third kappa shape index (κ3) is 19.5. The summed E-state index contributed by atoms with van der Waals surface area (Å²) in [4.78, 5) is 0. The van der Waals surface area contributed by atoms with E-state index in [0.29, 0.717) is 0 Å². The molecule has 0 unspecified atom stereocenters. The third-order valence-electron chi connectivity index (χ3n) is 5.92. The fourth-order valence-corrected chi connectivity index (χ4v) is 5.18. The maximum Gasteiger partial charge on any atom is 4.00 e. The molecule has 0 fully saturated rings. The van der Waals surface area contributed by atoms with Crippen molar-refractivity contribution >= 4 is 20.0 Å². The summed E-state index contributed by atoms with van der Waals surface area (Å²) in [7, 11) is -6.73. The van der Waals surface area contributed by atoms with E-state index in [9.17, 15) is 34.4 Å². The van der Waals surface area contributed by atoms with Gasteiger partial charge in [-0.15, -0.1) is 61.4 Å². The van der Waals surface area contributed by atoms with Gasteiger partial charge in [0, 0.05) is 49.4 Å². The summed E-state index contributed by atoms with van der Waals surface area (Å²) in [5.74, 6) is -3.13. The summed E-state index contributed by atoms with van der Waals surface area (Å²) >= 11 is 0. The first-order valence-electron chi connectivity index (χ1n) is 14.0. The van der Waals surface area contributed by atoms with Crippen LogP contribution in [-0.4, -0.2) is 64.1 Å². The molecule has 0 amide bonds. The number of allylic oxidation sites excluding steroid dienone is 8. The van der Waals surface area contributed by atoms with Gasteiger partial charge in [-0.3, -0.25) is 12.2 Å². The summed E-state index contributed by atoms with van der Waals surface area (Å²) in [5.41, 5.74) is 0.461. The Balaban J connectivity index is 0.000000681. The van der Waals surface area contributed by atoms with Gasteiger partial charge < -0.3 is 0 Å². The number of halogens is 4. The van der Waals surface area contributed by atoms with Crippen LogP contribution in [0, 0.1) is 47.6 Å². The molecule has 0 N–H and O–H groups in total. The summed E-state index contributed by atoms with van der Waals surface area (Å²) in [5, 5.41) is 0. The van der Waals surface area contributed by atoms with Crippen molar-refractivity contribution in [1.82, 2.24) is 8.61 Å². The molecule has 252 valence electrons. The minimum Gasteiger partial charge on any atom is -0.273 e. The van der Waals surface area contributed by atoms with Crippen LogP contribution in [0.15, 0.2) is 86.0 Å². The molecule has 0 heterocycles. The fraction of sp³-hybridized carbons (Fsp3) is 0.294. The van der Waals surface area contributed by atoms with E-state index in [1.165, 1.54) is 32.9 Å². The molecule has 0 bridgehead atoms. The molecule has 0 atom stereocenters. The van der Waals surface area contributed by atoms with E-state index in [1.54, 1.807) is 0 Å². The molecule has 2 aliphatic rings. The first-order valence-corrected chi connectivity index (χ1v) is 17.7. The van der Waals surface area contributed by atoms with E-state index in [4.69, 9.17) is 0 Å². The SMILES string of the molecule is C=CCN(CCc1ccc(F)[c-]c1F)S(C)(=O)=O.C=CCN(CCc1ccc(F)[c-]c1F)S(C)(=O)=O.[C-]1=CC=CC1.[C-]1=CC=CC1.[Ti+4]. The maximum absolute atomic E-state index is 13.3. The van der Waals surface area contributed by atoms with E-state index in [1.807, 2.05) is 36.4 Å². The van der Waals surface area contributed by atoms with Gasteiger partial charge in [0.25, 0.3) is 0 Å². The van der Waals surface area contributed by atoms with Gasteiger partial charge in [0.1, 0.15) is 0 Å². The van der Waals surface area contributed by atoms with Gasteiger partial charge in [-0.25, -0.2) is 58.7 Å². The van der Waals surface area contributed by atoms with Crippen LogP contribution in [0.25, 0.3) is 0 Å². The Morgan fingerprint density at radius 2 is 1.06 bits per heavy atom. The zero-order chi connectivity index (χ0) is 34.6. The number of benzene rings is 2. The van der Waals surface area contributed by atoms with E-state index in [0.717, 1.165) is 37.5 Å². The normalized spacial score (nSPS) is 12.8. The zero-order valence-corrected chi connectivity index (χ0v) is 29.5. The molecule has 0 spiro atoms. The van der Waals surface area contributed by atoms with Gasteiger partial charge in [0.15, 0.2) is 0 Å². The smallest absolute Gasteiger partial charge is 0.273 e. The van der Waals surface area contributed by atoms with Crippen molar-refractivity contribution in [1.29, 1.82) is 0 Å². The van der Waals surface area contributed by atoms with Crippen LogP contribution in [0.3, 0.4) is 0 Å². The molecule has 2 aromatic carbocycles. The van der Waals surface area contributed by atoms with E-state index < -0.39 is 43.3 Å². The van der Waals surface area contributed by atoms with Crippen molar-refractivity contribution in [3.8, 4) is 0 Å². The molecule has 2 aliphatic carbocycles. The molecule has 0 aliphatic heterocycles. The van der Waals surface area contributed by atoms with Crippen LogP contribution < -0.4 is 0 Å². The van der Waals surface area contributed by atoms with Crippen LogP contribution in [0.4, 0.5) is 17.6 Å². The Labute approximate surface area is 292 Å². The Hall–Kier alpha value is -2.87. The zero-order valence-electron chi connectivity index (χ0n) is 26.4. The second-order valence-corrected chi connectivity index (χ2v) is 13.6. The molecule has 0 aromatic heterocycles. The van der Waals surface area contributed by atoms with Crippen LogP contribution >= 0.6 is 0 Å². The second-order valence-electron chi connectivity index (χ2n) is 9.62. The van der Waals surface area contributed by atoms with Gasteiger partial charge in [-0.05, 0) is 0 Å². The summed E-state index contributed by atoms with van der Waals surface area (Å²) < 4.78 is 99.8. The quantitative estimate of drug-likeness (QED) is 0.114. The topological polar surface area (TPSA) is 74.8 Å². The van der Waals surface area contributed by atoms with Crippen LogP contribution in [0.1, 0.15) is 24.0 Å². The largest absolute Gasteiger partial charge is 4.00 e. The van der Waals surface area contributed by atoms with Crippen molar-refractivity contribution in [2.24, 2.45) is 0 Å². The minimum atomic E-state index is -3.36. The second kappa shape index (κ2) is 23.5. The fourth-order valence-electron chi connectivity index (χ4n) is 3.58. The maximum atomic E-state index is 13.3. The number of rotatable bonds is 12. The van der Waals surface area contributed by atoms with Gasteiger partial charge in [0.05, 0.1) is 12.5 Å². The predicted molar refractivity (Wildman–Crippen MR) is 174 cm³/mol. The Bertz CT molecular complexity index is 1470. The number of nitrogens with zero attached hydrogens (tertiary/aromatic N) is 2. The monoisotopic (exact) mass is 726 g/mol. The first-order chi connectivity index (χ1) is 21.7. The standard InChI is InChI=1S/2C12H14F2NO2S.2C5H5.Ti/c2*1-3-7-15(18(2,16)17)8-6-10-4-5-11(13)9-12(10)14;2*1-2-4-5-3-1;/h2*3-5H,1,6-8H2,2H3;2*1-3H,4H2;/q4*-1;+4. The van der Waals surface area contributed by atoms with Crippen molar-refractivity contribution in [3.63, 3.8) is 0 Å². The molecular formula is C34H38F4N2O4S2Ti. The molecule has 2 aromatic rings. The summed E-state index contributed by atoms with van der Waals surface area (Å²) in [6.45, 7) is 7.47. The van der Waals surface area contributed by atoms with Crippen LogP contribution in [0.2, 0.25) is 0 Å². The molecule has 13 heteroatoms. The summed E-state index contributed by atoms with van der Waals surface area (Å²) in [6, 6.07) is 8.59. The first kappa shape index (κ1) is 44.1. The van der Waals surface area contributed by atoms with E-state index in [-0.39, 0.29) is 71.9 Å². The molecule has 0 saturated heterocycles. The van der Waals surface area contributed by atoms with Gasteiger partial charge in [-0.1, -0.05) is 25.0 Å². The van der Waals surface area contributed by atoms with Gasteiger partial charge >= 0.3 is 21.7 Å². The Morgan fingerprint density at radius 3 is 1.28 bits per heavy atom. The van der Waals surface area contributed by atoms with Gasteiger partial charge in [-0.2, -0.15) is 32.9 Å². The average Bonchev–Trinajstić information content (AvgIpc) is 3.74.